The number of carbonyl (C=O) groups excluding carboxylic acids is 1. The number of benzene rings is 1. The summed E-state index contributed by atoms with van der Waals surface area (Å²) in [4.78, 5) is 18.6. The second kappa shape index (κ2) is 8.32. The van der Waals surface area contributed by atoms with Gasteiger partial charge in [-0.25, -0.2) is 0 Å². The van der Waals surface area contributed by atoms with E-state index in [2.05, 4.69) is 16.9 Å². The van der Waals surface area contributed by atoms with Crippen LogP contribution in [0.1, 0.15) is 28.9 Å². The van der Waals surface area contributed by atoms with E-state index in [0.29, 0.717) is 6.42 Å². The highest BCUT2D eigenvalue weighted by atomic mass is 16.1. The minimum atomic E-state index is 0.230. The number of nitrogens with zero attached hydrogens (tertiary/aromatic N) is 2. The average Bonchev–Trinajstić information content (AvgIpc) is 2.54. The van der Waals surface area contributed by atoms with Crippen molar-refractivity contribution in [3.05, 3.63) is 66.0 Å². The van der Waals surface area contributed by atoms with E-state index < -0.39 is 0 Å². The van der Waals surface area contributed by atoms with Crippen molar-refractivity contribution < 1.29 is 4.79 Å². The molecule has 0 amide bonds. The van der Waals surface area contributed by atoms with E-state index >= 15 is 0 Å². The van der Waals surface area contributed by atoms with Crippen molar-refractivity contribution in [2.75, 3.05) is 20.1 Å². The zero-order chi connectivity index (χ0) is 14.9. The maximum Gasteiger partial charge on any atom is 0.162 e. The second-order valence-corrected chi connectivity index (χ2v) is 5.27. The number of carbonyl (C=O) groups is 1. The summed E-state index contributed by atoms with van der Waals surface area (Å²) < 4.78 is 0. The summed E-state index contributed by atoms with van der Waals surface area (Å²) in [6.07, 6.45) is 4.28. The molecule has 1 aromatic heterocycles. The van der Waals surface area contributed by atoms with Crippen LogP contribution in [-0.4, -0.2) is 35.8 Å². The van der Waals surface area contributed by atoms with Crippen LogP contribution in [0.25, 0.3) is 0 Å². The molecule has 110 valence electrons. The Morgan fingerprint density at radius 2 is 1.81 bits per heavy atom. The number of Topliss-reactive ketones (excluding diaryl/α,β-unsaturated/α-hetero) is 1. The van der Waals surface area contributed by atoms with Crippen LogP contribution in [0.15, 0.2) is 54.7 Å². The summed E-state index contributed by atoms with van der Waals surface area (Å²) in [6, 6.07) is 15.5. The molecule has 0 bridgehead atoms. The molecule has 0 saturated carbocycles. The molecule has 0 aliphatic heterocycles. The van der Waals surface area contributed by atoms with Crippen LogP contribution >= 0.6 is 0 Å². The Balaban J connectivity index is 1.65. The van der Waals surface area contributed by atoms with Crippen molar-refractivity contribution in [3.63, 3.8) is 0 Å². The zero-order valence-electron chi connectivity index (χ0n) is 12.5. The molecular formula is C18H22N2O. The molecule has 3 nitrogen and oxygen atoms in total. The number of pyridine rings is 1. The van der Waals surface area contributed by atoms with Gasteiger partial charge in [0.15, 0.2) is 5.78 Å². The fourth-order valence-electron chi connectivity index (χ4n) is 2.24. The lowest BCUT2D eigenvalue weighted by Crippen LogP contribution is -2.23. The van der Waals surface area contributed by atoms with E-state index in [1.165, 1.54) is 0 Å². The first-order valence-corrected chi connectivity index (χ1v) is 7.42. The molecule has 0 saturated heterocycles. The standard InChI is InChI=1S/C18H22N2O/c1-20(15-12-17-10-5-6-13-19-17)14-7-11-18(21)16-8-3-2-4-9-16/h2-6,8-10,13H,7,11-12,14-15H2,1H3. The number of aromatic nitrogens is 1. The van der Waals surface area contributed by atoms with Gasteiger partial charge in [-0.3, -0.25) is 9.78 Å². The van der Waals surface area contributed by atoms with Gasteiger partial charge >= 0.3 is 0 Å². The maximum absolute atomic E-state index is 12.0. The molecule has 2 aromatic rings. The van der Waals surface area contributed by atoms with Gasteiger partial charge in [-0.1, -0.05) is 36.4 Å². The van der Waals surface area contributed by atoms with Gasteiger partial charge in [-0.15, -0.1) is 0 Å². The Morgan fingerprint density at radius 1 is 1.05 bits per heavy atom. The Bertz CT molecular complexity index is 540. The second-order valence-electron chi connectivity index (χ2n) is 5.27. The number of rotatable bonds is 8. The molecular weight excluding hydrogens is 260 g/mol. The van der Waals surface area contributed by atoms with Crippen LogP contribution in [0.2, 0.25) is 0 Å². The summed E-state index contributed by atoms with van der Waals surface area (Å²) in [5.41, 5.74) is 1.93. The maximum atomic E-state index is 12.0. The van der Waals surface area contributed by atoms with E-state index in [1.54, 1.807) is 0 Å². The van der Waals surface area contributed by atoms with Crippen molar-refractivity contribution in [3.8, 4) is 0 Å². The lowest BCUT2D eigenvalue weighted by atomic mass is 10.1. The summed E-state index contributed by atoms with van der Waals surface area (Å²) in [5, 5.41) is 0. The highest BCUT2D eigenvalue weighted by Gasteiger charge is 2.06. The van der Waals surface area contributed by atoms with Crippen molar-refractivity contribution in [1.82, 2.24) is 9.88 Å². The van der Waals surface area contributed by atoms with Crippen molar-refractivity contribution >= 4 is 5.78 Å². The van der Waals surface area contributed by atoms with Crippen LogP contribution in [0, 0.1) is 0 Å². The van der Waals surface area contributed by atoms with Crippen molar-refractivity contribution in [1.29, 1.82) is 0 Å². The molecule has 0 aliphatic rings. The summed E-state index contributed by atoms with van der Waals surface area (Å²) in [5.74, 6) is 0.230. The average molecular weight is 282 g/mol. The molecule has 0 radical (unpaired) electrons. The van der Waals surface area contributed by atoms with Gasteiger partial charge in [-0.2, -0.15) is 0 Å². The van der Waals surface area contributed by atoms with E-state index in [9.17, 15) is 4.79 Å². The molecule has 0 N–H and O–H groups in total. The highest BCUT2D eigenvalue weighted by Crippen LogP contribution is 2.06. The smallest absolute Gasteiger partial charge is 0.162 e. The molecule has 21 heavy (non-hydrogen) atoms. The van der Waals surface area contributed by atoms with E-state index in [1.807, 2.05) is 54.7 Å². The minimum Gasteiger partial charge on any atom is -0.306 e. The van der Waals surface area contributed by atoms with Gasteiger partial charge in [0.25, 0.3) is 0 Å². The summed E-state index contributed by atoms with van der Waals surface area (Å²) >= 11 is 0. The Morgan fingerprint density at radius 3 is 2.52 bits per heavy atom. The van der Waals surface area contributed by atoms with Crippen molar-refractivity contribution in [2.24, 2.45) is 0 Å². The monoisotopic (exact) mass is 282 g/mol. The van der Waals surface area contributed by atoms with Gasteiger partial charge in [0.2, 0.25) is 0 Å². The Hall–Kier alpha value is -2.00. The third-order valence-electron chi connectivity index (χ3n) is 3.52. The van der Waals surface area contributed by atoms with Crippen LogP contribution < -0.4 is 0 Å². The zero-order valence-corrected chi connectivity index (χ0v) is 12.5. The minimum absolute atomic E-state index is 0.230. The van der Waals surface area contributed by atoms with E-state index in [0.717, 1.165) is 37.2 Å². The molecule has 3 heteroatoms. The van der Waals surface area contributed by atoms with E-state index in [-0.39, 0.29) is 5.78 Å². The SMILES string of the molecule is CN(CCCC(=O)c1ccccc1)CCc1ccccn1. The van der Waals surface area contributed by atoms with Gasteiger partial charge in [0.1, 0.15) is 0 Å². The normalized spacial score (nSPS) is 10.8. The van der Waals surface area contributed by atoms with Gasteiger partial charge in [0.05, 0.1) is 0 Å². The lowest BCUT2D eigenvalue weighted by molar-refractivity contribution is 0.0976. The Kier molecular flexibility index (Phi) is 6.10. The molecule has 0 spiro atoms. The van der Waals surface area contributed by atoms with Gasteiger partial charge in [-0.05, 0) is 32.1 Å². The predicted octanol–water partition coefficient (Wildman–Crippen LogP) is 3.22. The number of ketones is 1. The number of likely N-dealkylation sites (N-methyl/N-ethyl adjacent to an activating group) is 1. The van der Waals surface area contributed by atoms with Crippen LogP contribution in [0.5, 0.6) is 0 Å². The van der Waals surface area contributed by atoms with Crippen LogP contribution in [0.3, 0.4) is 0 Å². The van der Waals surface area contributed by atoms with Gasteiger partial charge < -0.3 is 4.90 Å². The summed E-state index contributed by atoms with van der Waals surface area (Å²) in [6.45, 7) is 1.90. The first-order valence-electron chi connectivity index (χ1n) is 7.42. The Labute approximate surface area is 126 Å². The topological polar surface area (TPSA) is 33.2 Å². The number of hydrogen-bond acceptors (Lipinski definition) is 3. The van der Waals surface area contributed by atoms with Gasteiger partial charge in [0, 0.05) is 36.8 Å². The van der Waals surface area contributed by atoms with Crippen LogP contribution in [-0.2, 0) is 6.42 Å². The third-order valence-corrected chi connectivity index (χ3v) is 3.52. The first kappa shape index (κ1) is 15.4. The van der Waals surface area contributed by atoms with E-state index in [4.69, 9.17) is 0 Å². The van der Waals surface area contributed by atoms with Crippen molar-refractivity contribution in [2.45, 2.75) is 19.3 Å². The molecule has 0 atom stereocenters. The predicted molar refractivity (Wildman–Crippen MR) is 85.4 cm³/mol. The quantitative estimate of drug-likeness (QED) is 0.697. The largest absolute Gasteiger partial charge is 0.306 e. The number of hydrogen-bond donors (Lipinski definition) is 0. The molecule has 1 heterocycles. The fraction of sp³-hybridized carbons (Fsp3) is 0.333. The molecule has 0 aliphatic carbocycles. The fourth-order valence-corrected chi connectivity index (χ4v) is 2.24. The first-order chi connectivity index (χ1) is 10.3. The molecule has 0 unspecified atom stereocenters. The van der Waals surface area contributed by atoms with Crippen LogP contribution in [0.4, 0.5) is 0 Å². The lowest BCUT2D eigenvalue weighted by Gasteiger charge is -2.15. The highest BCUT2D eigenvalue weighted by molar-refractivity contribution is 5.95. The molecule has 1 aromatic carbocycles. The summed E-state index contributed by atoms with van der Waals surface area (Å²) in [7, 11) is 2.09. The molecule has 0 fully saturated rings. The third kappa shape index (κ3) is 5.48. The molecule has 2 rings (SSSR count).